The molecule has 1 amide bonds. The lowest BCUT2D eigenvalue weighted by molar-refractivity contribution is 0.0817. The van der Waals surface area contributed by atoms with E-state index < -0.39 is 28.8 Å². The van der Waals surface area contributed by atoms with Crippen LogP contribution in [0.2, 0.25) is 0 Å². The van der Waals surface area contributed by atoms with Crippen molar-refractivity contribution in [3.05, 3.63) is 28.7 Å². The maximum Gasteiger partial charge on any atom is 0.407 e. The molecule has 0 aliphatic carbocycles. The molecule has 0 saturated carbocycles. The van der Waals surface area contributed by atoms with Crippen LogP contribution in [0.1, 0.15) is 0 Å². The number of carbonyl (C=O) groups is 1. The molecule has 7 nitrogen and oxygen atoms in total. The first-order chi connectivity index (χ1) is 9.86. The molecule has 0 bridgehead atoms. The second-order valence-electron chi connectivity index (χ2n) is 4.63. The fraction of sp³-hybridized carbons (Fsp3) is 0.417. The molecule has 116 valence electrons. The first kappa shape index (κ1) is 16.2. The Hall–Kier alpha value is -1.16. The Labute approximate surface area is 131 Å². The molecule has 2 N–H and O–H groups in total. The number of carboxylic acid groups (broad SMARTS) is 1. The molecule has 1 fully saturated rings. The molecule has 1 unspecified atom stereocenters. The van der Waals surface area contributed by atoms with Crippen LogP contribution in [-0.2, 0) is 10.0 Å². The number of piperazine rings is 1. The Kier molecular flexibility index (Phi) is 4.87. The van der Waals surface area contributed by atoms with Gasteiger partial charge in [-0.3, -0.25) is 0 Å². The van der Waals surface area contributed by atoms with Gasteiger partial charge in [0.25, 0.3) is 0 Å². The predicted molar refractivity (Wildman–Crippen MR) is 78.5 cm³/mol. The summed E-state index contributed by atoms with van der Waals surface area (Å²) in [4.78, 5) is 12.2. The lowest BCUT2D eigenvalue weighted by atomic mass is 10.2. The van der Waals surface area contributed by atoms with E-state index in [4.69, 9.17) is 5.11 Å². The average molecular weight is 379 g/mol. The van der Waals surface area contributed by atoms with Crippen molar-refractivity contribution in [2.24, 2.45) is 0 Å². The Morgan fingerprint density at radius 2 is 1.90 bits per heavy atom. The van der Waals surface area contributed by atoms with Gasteiger partial charge in [-0.1, -0.05) is 15.9 Å². The number of aliphatic hydroxyl groups excluding tert-OH is 1. The number of nitrogens with zero attached hydrogens (tertiary/aromatic N) is 2. The first-order valence-corrected chi connectivity index (χ1v) is 8.45. The smallest absolute Gasteiger partial charge is 0.407 e. The number of sulfonamides is 1. The van der Waals surface area contributed by atoms with Crippen LogP contribution in [-0.4, -0.2) is 66.2 Å². The van der Waals surface area contributed by atoms with Gasteiger partial charge in [-0.2, -0.15) is 4.31 Å². The number of rotatable bonds is 3. The van der Waals surface area contributed by atoms with Crippen LogP contribution in [0.3, 0.4) is 0 Å². The molecule has 1 aromatic carbocycles. The van der Waals surface area contributed by atoms with Crippen LogP contribution < -0.4 is 0 Å². The van der Waals surface area contributed by atoms with E-state index in [0.29, 0.717) is 0 Å². The van der Waals surface area contributed by atoms with E-state index in [1.54, 1.807) is 12.1 Å². The van der Waals surface area contributed by atoms with Crippen LogP contribution in [0, 0.1) is 0 Å². The van der Waals surface area contributed by atoms with Crippen LogP contribution in [0.25, 0.3) is 0 Å². The van der Waals surface area contributed by atoms with E-state index in [0.717, 1.165) is 13.7 Å². The summed E-state index contributed by atoms with van der Waals surface area (Å²) in [5, 5.41) is 18.3. The highest BCUT2D eigenvalue weighted by Gasteiger charge is 2.37. The van der Waals surface area contributed by atoms with Gasteiger partial charge in [0.05, 0.1) is 17.5 Å². The number of benzene rings is 1. The Bertz CT molecular complexity index is 619. The average Bonchev–Trinajstić information content (AvgIpc) is 2.46. The molecular formula is C12H15BrN2O5S. The highest BCUT2D eigenvalue weighted by molar-refractivity contribution is 9.10. The maximum absolute atomic E-state index is 12.6. The summed E-state index contributed by atoms with van der Waals surface area (Å²) >= 11 is 3.24. The fourth-order valence-electron chi connectivity index (χ4n) is 2.22. The Morgan fingerprint density at radius 3 is 2.43 bits per heavy atom. The summed E-state index contributed by atoms with van der Waals surface area (Å²) in [5.74, 6) is 0. The predicted octanol–water partition coefficient (Wildman–Crippen LogP) is 0.794. The fourth-order valence-corrected chi connectivity index (χ4v) is 4.08. The molecule has 9 heteroatoms. The lowest BCUT2D eigenvalue weighted by Gasteiger charge is -2.38. The van der Waals surface area contributed by atoms with E-state index in [9.17, 15) is 18.3 Å². The van der Waals surface area contributed by atoms with Gasteiger partial charge >= 0.3 is 6.09 Å². The third-order valence-electron chi connectivity index (χ3n) is 3.33. The molecular weight excluding hydrogens is 364 g/mol. The second kappa shape index (κ2) is 6.30. The highest BCUT2D eigenvalue weighted by atomic mass is 79.9. The molecule has 1 heterocycles. The van der Waals surface area contributed by atoms with Gasteiger partial charge in [0, 0.05) is 24.1 Å². The third-order valence-corrected chi connectivity index (χ3v) is 5.82. The molecule has 21 heavy (non-hydrogen) atoms. The van der Waals surface area contributed by atoms with Crippen LogP contribution in [0.15, 0.2) is 33.6 Å². The summed E-state index contributed by atoms with van der Waals surface area (Å²) in [6.07, 6.45) is -1.12. The SMILES string of the molecule is O=C(O)N1CCN(S(=O)(=O)c2ccc(Br)cc2)C(CO)C1. The Morgan fingerprint density at radius 1 is 1.29 bits per heavy atom. The molecule has 2 rings (SSSR count). The standard InChI is InChI=1S/C12H15BrN2O5S/c13-9-1-3-11(4-2-9)21(19,20)15-6-5-14(12(17)18)7-10(15)8-16/h1-4,10,16H,5-8H2,(H,17,18). The highest BCUT2D eigenvalue weighted by Crippen LogP contribution is 2.23. The van der Waals surface area contributed by atoms with Crippen molar-refractivity contribution in [3.63, 3.8) is 0 Å². The minimum Gasteiger partial charge on any atom is -0.465 e. The van der Waals surface area contributed by atoms with Gasteiger partial charge < -0.3 is 15.1 Å². The molecule has 1 aromatic rings. The summed E-state index contributed by atoms with van der Waals surface area (Å²) in [6, 6.07) is 5.40. The van der Waals surface area contributed by atoms with Gasteiger partial charge in [-0.25, -0.2) is 13.2 Å². The topological polar surface area (TPSA) is 98.2 Å². The Balaban J connectivity index is 2.27. The quantitative estimate of drug-likeness (QED) is 0.810. The summed E-state index contributed by atoms with van der Waals surface area (Å²) < 4.78 is 27.1. The molecule has 0 spiro atoms. The van der Waals surface area contributed by atoms with Crippen LogP contribution in [0.5, 0.6) is 0 Å². The number of aliphatic hydroxyl groups is 1. The van der Waals surface area contributed by atoms with E-state index >= 15 is 0 Å². The molecule has 0 aromatic heterocycles. The normalized spacial score (nSPS) is 20.5. The molecule has 1 saturated heterocycles. The van der Waals surface area contributed by atoms with Gasteiger partial charge in [-0.05, 0) is 24.3 Å². The molecule has 1 aliphatic heterocycles. The van der Waals surface area contributed by atoms with Crippen LogP contribution >= 0.6 is 15.9 Å². The largest absolute Gasteiger partial charge is 0.465 e. The zero-order valence-corrected chi connectivity index (χ0v) is 13.4. The van der Waals surface area contributed by atoms with Gasteiger partial charge in [-0.15, -0.1) is 0 Å². The van der Waals surface area contributed by atoms with E-state index in [1.807, 2.05) is 0 Å². The minimum atomic E-state index is -3.76. The summed E-state index contributed by atoms with van der Waals surface area (Å²) in [7, 11) is -3.76. The molecule has 0 radical (unpaired) electrons. The number of hydrogen-bond acceptors (Lipinski definition) is 4. The van der Waals surface area contributed by atoms with Gasteiger partial charge in [0.1, 0.15) is 0 Å². The van der Waals surface area contributed by atoms with Crippen molar-refractivity contribution in [2.75, 3.05) is 26.2 Å². The minimum absolute atomic E-state index is 0.0237. The zero-order chi connectivity index (χ0) is 15.6. The molecule has 1 atom stereocenters. The third kappa shape index (κ3) is 3.37. The van der Waals surface area contributed by atoms with E-state index in [1.165, 1.54) is 12.1 Å². The van der Waals surface area contributed by atoms with Crippen molar-refractivity contribution >= 4 is 32.0 Å². The lowest BCUT2D eigenvalue weighted by Crippen LogP contribution is -2.57. The van der Waals surface area contributed by atoms with Crippen molar-refractivity contribution in [1.29, 1.82) is 0 Å². The van der Waals surface area contributed by atoms with E-state index in [-0.39, 0.29) is 24.5 Å². The molecule has 1 aliphatic rings. The van der Waals surface area contributed by atoms with Gasteiger partial charge in [0.15, 0.2) is 0 Å². The summed E-state index contributed by atoms with van der Waals surface area (Å²) in [6.45, 7) is -0.362. The zero-order valence-electron chi connectivity index (χ0n) is 11.0. The maximum atomic E-state index is 12.6. The number of halogens is 1. The van der Waals surface area contributed by atoms with Crippen molar-refractivity contribution in [2.45, 2.75) is 10.9 Å². The van der Waals surface area contributed by atoms with Gasteiger partial charge in [0.2, 0.25) is 10.0 Å². The monoisotopic (exact) mass is 378 g/mol. The first-order valence-electron chi connectivity index (χ1n) is 6.22. The summed E-state index contributed by atoms with van der Waals surface area (Å²) in [5.41, 5.74) is 0. The van der Waals surface area contributed by atoms with Crippen molar-refractivity contribution < 1.29 is 23.4 Å². The van der Waals surface area contributed by atoms with Crippen molar-refractivity contribution in [1.82, 2.24) is 9.21 Å². The van der Waals surface area contributed by atoms with Crippen molar-refractivity contribution in [3.8, 4) is 0 Å². The van der Waals surface area contributed by atoms with Crippen LogP contribution in [0.4, 0.5) is 4.79 Å². The number of amides is 1. The van der Waals surface area contributed by atoms with E-state index in [2.05, 4.69) is 15.9 Å². The second-order valence-corrected chi connectivity index (χ2v) is 7.44. The number of hydrogen-bond donors (Lipinski definition) is 2.